The molecular formula is C32H40FN3O8. The average molecular weight is 614 g/mol. The van der Waals surface area contributed by atoms with Gasteiger partial charge in [-0.2, -0.15) is 0 Å². The molecule has 44 heavy (non-hydrogen) atoms. The second-order valence-corrected chi connectivity index (χ2v) is 11.1. The van der Waals surface area contributed by atoms with E-state index in [2.05, 4.69) is 16.0 Å². The fourth-order valence-electron chi connectivity index (χ4n) is 4.86. The molecule has 2 aromatic rings. The molecule has 11 nitrogen and oxygen atoms in total. The van der Waals surface area contributed by atoms with Gasteiger partial charge in [-0.25, -0.2) is 4.39 Å². The summed E-state index contributed by atoms with van der Waals surface area (Å²) in [4.78, 5) is 53.6. The number of halogens is 1. The van der Waals surface area contributed by atoms with Crippen molar-refractivity contribution < 1.29 is 42.5 Å². The number of fused-ring (bicyclic) bond motifs is 1. The molecule has 3 amide bonds. The largest absolute Gasteiger partial charge is 0.490 e. The lowest BCUT2D eigenvalue weighted by molar-refractivity contribution is -0.134. The first-order valence-corrected chi connectivity index (χ1v) is 14.8. The first-order chi connectivity index (χ1) is 21.2. The van der Waals surface area contributed by atoms with Gasteiger partial charge in [0, 0.05) is 13.7 Å². The van der Waals surface area contributed by atoms with E-state index in [1.807, 2.05) is 30.3 Å². The molecule has 2 aromatic carbocycles. The molecule has 4 atom stereocenters. The molecule has 0 saturated carbocycles. The van der Waals surface area contributed by atoms with Gasteiger partial charge in [0.2, 0.25) is 11.8 Å². The molecule has 0 spiro atoms. The zero-order valence-corrected chi connectivity index (χ0v) is 25.1. The maximum absolute atomic E-state index is 14.6. The van der Waals surface area contributed by atoms with Gasteiger partial charge in [-0.05, 0) is 50.3 Å². The quantitative estimate of drug-likeness (QED) is 0.384. The van der Waals surface area contributed by atoms with Gasteiger partial charge >= 0.3 is 0 Å². The standard InChI is InChI=1S/C32H40FN3O8/c1-32(20-44-32)28(37)24(17-21-11-6-5-7-12-21)34-31(40)26-19-42-15-8-3-4-9-16-43-27-22(13-10-14-23(27)33)29(38)35-25(18-41-2)30(39)36-26/h5-7,10-14,24-26H,3-4,8-9,15-20H2,1-2H3,(H,34,40)(H,35,38)(H,36,39)/t24-,25-,26-,32+/m0/s1. The summed E-state index contributed by atoms with van der Waals surface area (Å²) in [5.41, 5.74) is -0.217. The van der Waals surface area contributed by atoms with Gasteiger partial charge in [-0.15, -0.1) is 0 Å². The molecular weight excluding hydrogens is 573 g/mol. The van der Waals surface area contributed by atoms with Crippen molar-refractivity contribution in [2.75, 3.05) is 40.1 Å². The molecule has 0 radical (unpaired) electrons. The van der Waals surface area contributed by atoms with Crippen LogP contribution in [-0.4, -0.2) is 87.4 Å². The number of epoxide rings is 1. The van der Waals surface area contributed by atoms with Gasteiger partial charge < -0.3 is 34.9 Å². The highest BCUT2D eigenvalue weighted by atomic mass is 19.1. The van der Waals surface area contributed by atoms with E-state index in [4.69, 9.17) is 18.9 Å². The monoisotopic (exact) mass is 613 g/mol. The summed E-state index contributed by atoms with van der Waals surface area (Å²) in [6.45, 7) is 2.07. The Morgan fingerprint density at radius 3 is 2.48 bits per heavy atom. The van der Waals surface area contributed by atoms with E-state index in [1.54, 1.807) is 6.92 Å². The summed E-state index contributed by atoms with van der Waals surface area (Å²) in [5.74, 6) is -3.27. The molecule has 0 aliphatic carbocycles. The fraction of sp³-hybridized carbons (Fsp3) is 0.500. The minimum absolute atomic E-state index is 0.0705. The molecule has 238 valence electrons. The highest BCUT2D eigenvalue weighted by molar-refractivity contribution is 6.01. The van der Waals surface area contributed by atoms with Gasteiger partial charge in [0.25, 0.3) is 5.91 Å². The predicted molar refractivity (Wildman–Crippen MR) is 158 cm³/mol. The summed E-state index contributed by atoms with van der Waals surface area (Å²) in [6.07, 6.45) is 3.11. The number of carbonyl (C=O) groups excluding carboxylic acids is 4. The smallest absolute Gasteiger partial charge is 0.255 e. The maximum Gasteiger partial charge on any atom is 0.255 e. The van der Waals surface area contributed by atoms with E-state index in [9.17, 15) is 23.6 Å². The van der Waals surface area contributed by atoms with Crippen molar-refractivity contribution in [1.29, 1.82) is 0 Å². The topological polar surface area (TPSA) is 145 Å². The van der Waals surface area contributed by atoms with E-state index in [-0.39, 0.29) is 49.9 Å². The second kappa shape index (κ2) is 15.7. The SMILES string of the molecule is COC[C@@H]1NC(=O)c2cccc(F)c2OCCCCCCOC[C@@H](C(=O)N[C@@H](Cc2ccccc2)C(=O)[C@@]2(C)CO2)NC1=O. The van der Waals surface area contributed by atoms with Crippen molar-refractivity contribution in [2.24, 2.45) is 0 Å². The number of para-hydroxylation sites is 1. The van der Waals surface area contributed by atoms with Gasteiger partial charge in [0.1, 0.15) is 17.7 Å². The zero-order valence-electron chi connectivity index (χ0n) is 25.1. The van der Waals surface area contributed by atoms with E-state index in [1.165, 1.54) is 25.3 Å². The Morgan fingerprint density at radius 2 is 1.77 bits per heavy atom. The van der Waals surface area contributed by atoms with Crippen LogP contribution in [0.1, 0.15) is 48.5 Å². The minimum atomic E-state index is -1.24. The highest BCUT2D eigenvalue weighted by Gasteiger charge is 2.50. The van der Waals surface area contributed by atoms with Gasteiger partial charge in [0.05, 0.1) is 38.0 Å². The number of ketones is 1. The molecule has 0 unspecified atom stereocenters. The van der Waals surface area contributed by atoms with Crippen LogP contribution in [0.15, 0.2) is 48.5 Å². The van der Waals surface area contributed by atoms with Gasteiger partial charge in [-0.1, -0.05) is 42.8 Å². The van der Waals surface area contributed by atoms with Gasteiger partial charge in [-0.3, -0.25) is 19.2 Å². The summed E-state index contributed by atoms with van der Waals surface area (Å²) in [7, 11) is 1.35. The average Bonchev–Trinajstić information content (AvgIpc) is 3.77. The van der Waals surface area contributed by atoms with Crippen LogP contribution in [0.5, 0.6) is 5.75 Å². The Balaban J connectivity index is 1.54. The van der Waals surface area contributed by atoms with Crippen molar-refractivity contribution in [3.05, 3.63) is 65.5 Å². The Hall–Kier alpha value is -3.87. The first-order valence-electron chi connectivity index (χ1n) is 14.8. The summed E-state index contributed by atoms with van der Waals surface area (Å²) in [6, 6.07) is 9.88. The number of methoxy groups -OCH3 is 1. The molecule has 2 aliphatic rings. The lowest BCUT2D eigenvalue weighted by atomic mass is 9.94. The number of rotatable bonds is 8. The van der Waals surface area contributed by atoms with E-state index < -0.39 is 47.3 Å². The third-order valence-electron chi connectivity index (χ3n) is 7.53. The molecule has 12 heteroatoms. The van der Waals surface area contributed by atoms with Crippen molar-refractivity contribution in [1.82, 2.24) is 16.0 Å². The molecule has 2 aliphatic heterocycles. The van der Waals surface area contributed by atoms with Crippen molar-refractivity contribution >= 4 is 23.5 Å². The highest BCUT2D eigenvalue weighted by Crippen LogP contribution is 2.29. The lowest BCUT2D eigenvalue weighted by Crippen LogP contribution is -2.59. The molecule has 1 saturated heterocycles. The number of ether oxygens (including phenoxy) is 4. The van der Waals surface area contributed by atoms with Crippen LogP contribution in [0.2, 0.25) is 0 Å². The van der Waals surface area contributed by atoms with Crippen molar-refractivity contribution in [3.63, 3.8) is 0 Å². The van der Waals surface area contributed by atoms with Crippen molar-refractivity contribution in [2.45, 2.75) is 62.8 Å². The van der Waals surface area contributed by atoms with E-state index in [0.717, 1.165) is 18.4 Å². The molecule has 0 bridgehead atoms. The first kappa shape index (κ1) is 33.0. The van der Waals surface area contributed by atoms with E-state index in [0.29, 0.717) is 19.4 Å². The Morgan fingerprint density at radius 1 is 1.05 bits per heavy atom. The lowest BCUT2D eigenvalue weighted by Gasteiger charge is -2.26. The molecule has 4 rings (SSSR count). The fourth-order valence-corrected chi connectivity index (χ4v) is 4.86. The number of nitrogens with one attached hydrogen (secondary N) is 3. The predicted octanol–water partition coefficient (Wildman–Crippen LogP) is 2.11. The zero-order chi connectivity index (χ0) is 31.5. The van der Waals surface area contributed by atoms with Crippen LogP contribution in [0, 0.1) is 5.82 Å². The molecule has 2 heterocycles. The second-order valence-electron chi connectivity index (χ2n) is 11.1. The Labute approximate surface area is 256 Å². The van der Waals surface area contributed by atoms with Crippen LogP contribution < -0.4 is 20.7 Å². The number of benzene rings is 2. The summed E-state index contributed by atoms with van der Waals surface area (Å²) >= 11 is 0. The Bertz CT molecular complexity index is 1300. The Kier molecular flexibility index (Phi) is 11.8. The molecule has 1 fully saturated rings. The third kappa shape index (κ3) is 9.07. The van der Waals surface area contributed by atoms with Crippen LogP contribution >= 0.6 is 0 Å². The maximum atomic E-state index is 14.6. The number of hydrogen-bond donors (Lipinski definition) is 3. The normalized spacial score (nSPS) is 24.0. The number of Topliss-reactive ketones (excluding diaryl/α,β-unsaturated/α-hetero) is 1. The summed E-state index contributed by atoms with van der Waals surface area (Å²) < 4.78 is 36.6. The minimum Gasteiger partial charge on any atom is -0.490 e. The molecule has 0 aromatic heterocycles. The number of carbonyl (C=O) groups is 4. The number of amides is 3. The van der Waals surface area contributed by atoms with Crippen LogP contribution in [0.3, 0.4) is 0 Å². The third-order valence-corrected chi connectivity index (χ3v) is 7.53. The van der Waals surface area contributed by atoms with Crippen molar-refractivity contribution in [3.8, 4) is 5.75 Å². The summed E-state index contributed by atoms with van der Waals surface area (Å²) in [5, 5.41) is 8.00. The van der Waals surface area contributed by atoms with E-state index >= 15 is 0 Å². The molecule has 3 N–H and O–H groups in total. The van der Waals surface area contributed by atoms with Crippen LogP contribution in [-0.2, 0) is 35.0 Å². The van der Waals surface area contributed by atoms with Crippen LogP contribution in [0.4, 0.5) is 4.39 Å². The van der Waals surface area contributed by atoms with Crippen LogP contribution in [0.25, 0.3) is 0 Å². The number of hydrogen-bond acceptors (Lipinski definition) is 8. The van der Waals surface area contributed by atoms with Gasteiger partial charge in [0.15, 0.2) is 17.3 Å².